The van der Waals surface area contributed by atoms with Crippen molar-refractivity contribution in [3.8, 4) is 0 Å². The van der Waals surface area contributed by atoms with Crippen molar-refractivity contribution in [1.29, 1.82) is 0 Å². The molecule has 1 amide bonds. The molecule has 27 heavy (non-hydrogen) atoms. The summed E-state index contributed by atoms with van der Waals surface area (Å²) in [6.07, 6.45) is -4.49. The number of carbonyl (C=O) groups excluding carboxylic acids is 1. The number of hydrogen-bond donors (Lipinski definition) is 1. The third-order valence-corrected chi connectivity index (χ3v) is 4.50. The lowest BCUT2D eigenvalue weighted by molar-refractivity contribution is -0.227. The summed E-state index contributed by atoms with van der Waals surface area (Å²) in [6.45, 7) is -1.23. The Bertz CT molecular complexity index is 883. The third-order valence-electron chi connectivity index (χ3n) is 4.50. The molecule has 1 N–H and O–H groups in total. The van der Waals surface area contributed by atoms with Crippen LogP contribution >= 0.6 is 0 Å². The highest BCUT2D eigenvalue weighted by atomic mass is 19.4. The van der Waals surface area contributed by atoms with Gasteiger partial charge in [-0.3, -0.25) is 9.59 Å². The fourth-order valence-electron chi connectivity index (χ4n) is 2.97. The van der Waals surface area contributed by atoms with E-state index in [1.807, 2.05) is 0 Å². The van der Waals surface area contributed by atoms with E-state index in [9.17, 15) is 27.2 Å². The summed E-state index contributed by atoms with van der Waals surface area (Å²) in [6, 6.07) is 5.68. The number of aliphatic carboxylic acids is 1. The SMILES string of the molecule is O=C(c1cn(Cc2cccc(F)c2)nn1)N1CCC(C(=O)O)(C(F)(F)F)C1. The lowest BCUT2D eigenvalue weighted by Gasteiger charge is -2.26. The molecule has 1 atom stereocenters. The van der Waals surface area contributed by atoms with E-state index in [4.69, 9.17) is 5.11 Å². The first-order valence-corrected chi connectivity index (χ1v) is 7.86. The van der Waals surface area contributed by atoms with E-state index in [-0.39, 0.29) is 18.8 Å². The monoisotopic (exact) mass is 386 g/mol. The lowest BCUT2D eigenvalue weighted by Crippen LogP contribution is -2.47. The first kappa shape index (κ1) is 18.8. The van der Waals surface area contributed by atoms with Crippen molar-refractivity contribution >= 4 is 11.9 Å². The molecule has 0 bridgehead atoms. The molecule has 0 saturated carbocycles. The van der Waals surface area contributed by atoms with Gasteiger partial charge in [-0.05, 0) is 24.1 Å². The van der Waals surface area contributed by atoms with Crippen LogP contribution in [-0.2, 0) is 11.3 Å². The zero-order valence-electron chi connectivity index (χ0n) is 13.8. The van der Waals surface area contributed by atoms with E-state index < -0.39 is 42.3 Å². The molecular formula is C16H14F4N4O3. The molecule has 1 saturated heterocycles. The van der Waals surface area contributed by atoms with Gasteiger partial charge in [-0.25, -0.2) is 9.07 Å². The topological polar surface area (TPSA) is 88.3 Å². The minimum absolute atomic E-state index is 0.111. The van der Waals surface area contributed by atoms with Crippen LogP contribution in [0.15, 0.2) is 30.5 Å². The number of carboxylic acid groups (broad SMARTS) is 1. The van der Waals surface area contributed by atoms with Crippen LogP contribution in [0.5, 0.6) is 0 Å². The van der Waals surface area contributed by atoms with Crippen LogP contribution in [0.25, 0.3) is 0 Å². The molecule has 7 nitrogen and oxygen atoms in total. The number of halogens is 4. The zero-order chi connectivity index (χ0) is 19.8. The van der Waals surface area contributed by atoms with Gasteiger partial charge in [0, 0.05) is 13.1 Å². The van der Waals surface area contributed by atoms with E-state index in [0.29, 0.717) is 5.56 Å². The second-order valence-corrected chi connectivity index (χ2v) is 6.29. The van der Waals surface area contributed by atoms with Gasteiger partial charge >= 0.3 is 12.1 Å². The Balaban J connectivity index is 1.74. The number of amides is 1. The average Bonchev–Trinajstić information content (AvgIpc) is 3.21. The molecule has 0 radical (unpaired) electrons. The van der Waals surface area contributed by atoms with Crippen LogP contribution in [0.1, 0.15) is 22.5 Å². The molecule has 11 heteroatoms. The van der Waals surface area contributed by atoms with Crippen molar-refractivity contribution in [2.45, 2.75) is 19.1 Å². The average molecular weight is 386 g/mol. The quantitative estimate of drug-likeness (QED) is 0.812. The number of likely N-dealkylation sites (tertiary alicyclic amines) is 1. The van der Waals surface area contributed by atoms with Crippen LogP contribution in [0, 0.1) is 11.2 Å². The van der Waals surface area contributed by atoms with E-state index in [0.717, 1.165) is 4.90 Å². The molecule has 1 aliphatic heterocycles. The Morgan fingerprint density at radius 2 is 2.04 bits per heavy atom. The molecule has 1 aliphatic rings. The van der Waals surface area contributed by atoms with Crippen LogP contribution in [-0.4, -0.2) is 56.1 Å². The Kier molecular flexibility index (Phi) is 4.62. The Morgan fingerprint density at radius 1 is 1.30 bits per heavy atom. The van der Waals surface area contributed by atoms with Crippen molar-refractivity contribution in [2.24, 2.45) is 5.41 Å². The predicted octanol–water partition coefficient (Wildman–Crippen LogP) is 1.94. The summed E-state index contributed by atoms with van der Waals surface area (Å²) >= 11 is 0. The van der Waals surface area contributed by atoms with Crippen molar-refractivity contribution in [3.05, 3.63) is 47.5 Å². The summed E-state index contributed by atoms with van der Waals surface area (Å²) < 4.78 is 54.0. The van der Waals surface area contributed by atoms with Gasteiger partial charge < -0.3 is 10.0 Å². The molecule has 3 rings (SSSR count). The molecule has 2 aromatic rings. The summed E-state index contributed by atoms with van der Waals surface area (Å²) in [4.78, 5) is 24.4. The van der Waals surface area contributed by atoms with Crippen LogP contribution in [0.2, 0.25) is 0 Å². The van der Waals surface area contributed by atoms with Gasteiger partial charge in [0.15, 0.2) is 11.1 Å². The van der Waals surface area contributed by atoms with E-state index in [1.165, 1.54) is 29.1 Å². The van der Waals surface area contributed by atoms with Gasteiger partial charge in [0.25, 0.3) is 5.91 Å². The smallest absolute Gasteiger partial charge is 0.406 e. The lowest BCUT2D eigenvalue weighted by atomic mass is 9.86. The molecule has 0 spiro atoms. The minimum Gasteiger partial charge on any atom is -0.481 e. The van der Waals surface area contributed by atoms with Gasteiger partial charge in [0.05, 0.1) is 12.7 Å². The van der Waals surface area contributed by atoms with Crippen molar-refractivity contribution in [3.63, 3.8) is 0 Å². The van der Waals surface area contributed by atoms with Crippen molar-refractivity contribution in [1.82, 2.24) is 19.9 Å². The Hall–Kier alpha value is -2.98. The number of carboxylic acids is 1. The number of benzene rings is 1. The van der Waals surface area contributed by atoms with E-state index >= 15 is 0 Å². The number of carbonyl (C=O) groups is 2. The highest BCUT2D eigenvalue weighted by Crippen LogP contribution is 2.45. The molecule has 0 aliphatic carbocycles. The molecule has 144 valence electrons. The van der Waals surface area contributed by atoms with Crippen LogP contribution in [0.3, 0.4) is 0 Å². The van der Waals surface area contributed by atoms with E-state index in [2.05, 4.69) is 10.3 Å². The summed E-state index contributed by atoms with van der Waals surface area (Å²) in [5, 5.41) is 16.4. The molecule has 1 aromatic heterocycles. The highest BCUT2D eigenvalue weighted by Gasteiger charge is 2.64. The van der Waals surface area contributed by atoms with E-state index in [1.54, 1.807) is 6.07 Å². The molecule has 1 unspecified atom stereocenters. The maximum Gasteiger partial charge on any atom is 0.406 e. The number of alkyl halides is 3. The van der Waals surface area contributed by atoms with Gasteiger partial charge in [0.2, 0.25) is 0 Å². The van der Waals surface area contributed by atoms with Crippen molar-refractivity contribution in [2.75, 3.05) is 13.1 Å². The van der Waals surface area contributed by atoms with Gasteiger partial charge in [0.1, 0.15) is 5.82 Å². The summed E-state index contributed by atoms with van der Waals surface area (Å²) in [5.74, 6) is -3.30. The fourth-order valence-corrected chi connectivity index (χ4v) is 2.97. The van der Waals surface area contributed by atoms with Gasteiger partial charge in [-0.2, -0.15) is 13.2 Å². The minimum atomic E-state index is -4.98. The van der Waals surface area contributed by atoms with Crippen molar-refractivity contribution < 1.29 is 32.3 Å². The number of nitrogens with zero attached hydrogens (tertiary/aromatic N) is 4. The number of hydrogen-bond acceptors (Lipinski definition) is 4. The maximum atomic E-state index is 13.2. The maximum absolute atomic E-state index is 13.2. The second kappa shape index (κ2) is 6.63. The Morgan fingerprint density at radius 3 is 2.63 bits per heavy atom. The van der Waals surface area contributed by atoms with Gasteiger partial charge in [-0.1, -0.05) is 17.3 Å². The van der Waals surface area contributed by atoms with Crippen LogP contribution in [0.4, 0.5) is 17.6 Å². The number of aromatic nitrogens is 3. The normalized spacial score (nSPS) is 20.1. The second-order valence-electron chi connectivity index (χ2n) is 6.29. The summed E-state index contributed by atoms with van der Waals surface area (Å²) in [7, 11) is 0. The molecule has 1 aromatic carbocycles. The standard InChI is InChI=1S/C16H14F4N4O3/c17-11-3-1-2-10(6-11)7-24-8-12(21-22-24)13(25)23-5-4-15(9-23,14(26)27)16(18,19)20/h1-3,6,8H,4-5,7,9H2,(H,26,27). The fraction of sp³-hybridized carbons (Fsp3) is 0.375. The first-order valence-electron chi connectivity index (χ1n) is 7.86. The zero-order valence-corrected chi connectivity index (χ0v) is 13.8. The summed E-state index contributed by atoms with van der Waals surface area (Å²) in [5.41, 5.74) is -2.64. The first-order chi connectivity index (χ1) is 12.6. The largest absolute Gasteiger partial charge is 0.481 e. The van der Waals surface area contributed by atoms with Crippen LogP contribution < -0.4 is 0 Å². The van der Waals surface area contributed by atoms with Gasteiger partial charge in [-0.15, -0.1) is 5.10 Å². The Labute approximate surface area is 150 Å². The highest BCUT2D eigenvalue weighted by molar-refractivity contribution is 5.93. The molecule has 1 fully saturated rings. The molecular weight excluding hydrogens is 372 g/mol. The predicted molar refractivity (Wildman–Crippen MR) is 82.2 cm³/mol. The molecule has 2 heterocycles. The third kappa shape index (κ3) is 3.49. The number of rotatable bonds is 4.